The summed E-state index contributed by atoms with van der Waals surface area (Å²) in [6.45, 7) is 0.228. The number of hydrogen-bond donors (Lipinski definition) is 1. The van der Waals surface area contributed by atoms with Crippen molar-refractivity contribution < 1.29 is 24.0 Å². The van der Waals surface area contributed by atoms with Gasteiger partial charge in [0, 0.05) is 12.6 Å². The maximum atomic E-state index is 13.7. The van der Waals surface area contributed by atoms with Crippen LogP contribution >= 0.6 is 0 Å². The highest BCUT2D eigenvalue weighted by atomic mass is 19.1. The lowest BCUT2D eigenvalue weighted by atomic mass is 10.1. The molecule has 1 atom stereocenters. The predicted octanol–water partition coefficient (Wildman–Crippen LogP) is 1.42. The number of nitro groups is 1. The topological polar surface area (TPSA) is 101 Å². The van der Waals surface area contributed by atoms with Crippen molar-refractivity contribution in [1.29, 1.82) is 0 Å². The molecule has 1 heterocycles. The van der Waals surface area contributed by atoms with Crippen LogP contribution in [-0.4, -0.2) is 39.4 Å². The molecule has 1 aromatic rings. The van der Waals surface area contributed by atoms with Crippen LogP contribution in [-0.2, 0) is 4.79 Å². The largest absolute Gasteiger partial charge is 0.480 e. The van der Waals surface area contributed by atoms with E-state index in [1.54, 1.807) is 0 Å². The summed E-state index contributed by atoms with van der Waals surface area (Å²) in [5.41, 5.74) is -0.820. The number of carbonyl (C=O) groups excluding carboxylic acids is 1. The number of nitrogens with zero attached hydrogens (tertiary/aromatic N) is 2. The highest BCUT2D eigenvalue weighted by molar-refractivity contribution is 5.97. The molecule has 8 heteroatoms. The third kappa shape index (κ3) is 2.44. The van der Waals surface area contributed by atoms with Crippen LogP contribution in [0, 0.1) is 15.9 Å². The fraction of sp³-hybridized carbons (Fsp3) is 0.333. The predicted molar refractivity (Wildman–Crippen MR) is 64.7 cm³/mol. The summed E-state index contributed by atoms with van der Waals surface area (Å²) in [6.07, 6.45) is 0.840. The van der Waals surface area contributed by atoms with Crippen molar-refractivity contribution in [3.8, 4) is 0 Å². The highest BCUT2D eigenvalue weighted by Gasteiger charge is 2.35. The average Bonchev–Trinajstić information content (AvgIpc) is 2.87. The molecule has 2 rings (SSSR count). The SMILES string of the molecule is O=C(O)C1CCCN1C(=O)c1ccc([N+](=O)[O-])cc1F. The summed E-state index contributed by atoms with van der Waals surface area (Å²) >= 11 is 0. The van der Waals surface area contributed by atoms with Crippen molar-refractivity contribution in [2.75, 3.05) is 6.54 Å². The van der Waals surface area contributed by atoms with Crippen molar-refractivity contribution in [2.24, 2.45) is 0 Å². The molecule has 20 heavy (non-hydrogen) atoms. The number of carboxylic acids is 1. The number of carbonyl (C=O) groups is 2. The van der Waals surface area contributed by atoms with Gasteiger partial charge in [0.1, 0.15) is 11.9 Å². The standard InChI is InChI=1S/C12H11FN2O5/c13-9-6-7(15(19)20)3-4-8(9)11(16)14-5-1-2-10(14)12(17)18/h3-4,6,10H,1-2,5H2,(H,17,18). The molecule has 1 saturated heterocycles. The molecule has 0 saturated carbocycles. The molecular formula is C12H11FN2O5. The van der Waals surface area contributed by atoms with E-state index in [4.69, 9.17) is 5.11 Å². The fourth-order valence-corrected chi connectivity index (χ4v) is 2.21. The first-order valence-corrected chi connectivity index (χ1v) is 5.89. The van der Waals surface area contributed by atoms with Gasteiger partial charge in [-0.25, -0.2) is 9.18 Å². The van der Waals surface area contributed by atoms with Crippen molar-refractivity contribution >= 4 is 17.6 Å². The highest BCUT2D eigenvalue weighted by Crippen LogP contribution is 2.23. The third-order valence-electron chi connectivity index (χ3n) is 3.19. The van der Waals surface area contributed by atoms with E-state index in [0.29, 0.717) is 18.9 Å². The average molecular weight is 282 g/mol. The Kier molecular flexibility index (Phi) is 3.64. The lowest BCUT2D eigenvalue weighted by Gasteiger charge is -2.21. The molecule has 106 valence electrons. The second kappa shape index (κ2) is 5.24. The van der Waals surface area contributed by atoms with Gasteiger partial charge in [0.25, 0.3) is 11.6 Å². The Hall–Kier alpha value is -2.51. The number of rotatable bonds is 3. The molecule has 0 radical (unpaired) electrons. The summed E-state index contributed by atoms with van der Waals surface area (Å²) in [7, 11) is 0. The summed E-state index contributed by atoms with van der Waals surface area (Å²) < 4.78 is 13.7. The quantitative estimate of drug-likeness (QED) is 0.667. The Labute approximate surface area is 112 Å². The Morgan fingerprint density at radius 2 is 2.15 bits per heavy atom. The van der Waals surface area contributed by atoms with Crippen LogP contribution in [0.25, 0.3) is 0 Å². The van der Waals surface area contributed by atoms with E-state index in [-0.39, 0.29) is 12.1 Å². The third-order valence-corrected chi connectivity index (χ3v) is 3.19. The normalized spacial score (nSPS) is 18.1. The molecule has 1 unspecified atom stereocenters. The zero-order valence-electron chi connectivity index (χ0n) is 10.3. The lowest BCUT2D eigenvalue weighted by Crippen LogP contribution is -2.40. The molecule has 1 aromatic carbocycles. The number of nitro benzene ring substituents is 1. The van der Waals surface area contributed by atoms with Crippen molar-refractivity contribution in [1.82, 2.24) is 4.90 Å². The molecule has 0 spiro atoms. The molecular weight excluding hydrogens is 271 g/mol. The minimum Gasteiger partial charge on any atom is -0.480 e. The van der Waals surface area contributed by atoms with E-state index < -0.39 is 34.3 Å². The number of amides is 1. The molecule has 0 bridgehead atoms. The van der Waals surface area contributed by atoms with Crippen LogP contribution in [0.5, 0.6) is 0 Å². The summed E-state index contributed by atoms with van der Waals surface area (Å²) in [5, 5.41) is 19.5. The van der Waals surface area contributed by atoms with Crippen LogP contribution in [0.2, 0.25) is 0 Å². The minimum atomic E-state index is -1.14. The molecule has 0 aromatic heterocycles. The first-order valence-electron chi connectivity index (χ1n) is 5.89. The smallest absolute Gasteiger partial charge is 0.326 e. The Morgan fingerprint density at radius 1 is 1.45 bits per heavy atom. The molecule has 1 N–H and O–H groups in total. The number of non-ortho nitro benzene ring substituents is 1. The van der Waals surface area contributed by atoms with Crippen molar-refractivity contribution in [3.05, 3.63) is 39.7 Å². The molecule has 7 nitrogen and oxygen atoms in total. The van der Waals surface area contributed by atoms with Crippen LogP contribution in [0.1, 0.15) is 23.2 Å². The minimum absolute atomic E-state index is 0.228. The summed E-state index contributed by atoms with van der Waals surface area (Å²) in [6, 6.07) is 1.70. The molecule has 1 amide bonds. The maximum absolute atomic E-state index is 13.7. The van der Waals surface area contributed by atoms with Crippen LogP contribution < -0.4 is 0 Å². The van der Waals surface area contributed by atoms with Gasteiger partial charge in [0.05, 0.1) is 16.6 Å². The monoisotopic (exact) mass is 282 g/mol. The van der Waals surface area contributed by atoms with Crippen molar-refractivity contribution in [2.45, 2.75) is 18.9 Å². The van der Waals surface area contributed by atoms with Gasteiger partial charge in [-0.2, -0.15) is 0 Å². The first kappa shape index (κ1) is 13.9. The number of benzene rings is 1. The second-order valence-electron chi connectivity index (χ2n) is 4.42. The van der Waals surface area contributed by atoms with Gasteiger partial charge in [-0.3, -0.25) is 14.9 Å². The van der Waals surface area contributed by atoms with Gasteiger partial charge < -0.3 is 10.0 Å². The van der Waals surface area contributed by atoms with Crippen LogP contribution in [0.4, 0.5) is 10.1 Å². The Bertz CT molecular complexity index is 589. The van der Waals surface area contributed by atoms with Gasteiger partial charge in [-0.1, -0.05) is 0 Å². The number of carboxylic acid groups (broad SMARTS) is 1. The number of hydrogen-bond acceptors (Lipinski definition) is 4. The van der Waals surface area contributed by atoms with E-state index >= 15 is 0 Å². The van der Waals surface area contributed by atoms with Gasteiger partial charge in [0.2, 0.25) is 0 Å². The zero-order valence-corrected chi connectivity index (χ0v) is 10.3. The number of aliphatic carboxylic acids is 1. The molecule has 1 aliphatic heterocycles. The maximum Gasteiger partial charge on any atom is 0.326 e. The first-order chi connectivity index (χ1) is 9.41. The number of likely N-dealkylation sites (tertiary alicyclic amines) is 1. The van der Waals surface area contributed by atoms with E-state index in [1.807, 2.05) is 0 Å². The molecule has 1 fully saturated rings. The van der Waals surface area contributed by atoms with Gasteiger partial charge in [-0.05, 0) is 18.9 Å². The Balaban J connectivity index is 2.29. The van der Waals surface area contributed by atoms with Crippen LogP contribution in [0.15, 0.2) is 18.2 Å². The van der Waals surface area contributed by atoms with Gasteiger partial charge in [-0.15, -0.1) is 0 Å². The second-order valence-corrected chi connectivity index (χ2v) is 4.42. The summed E-state index contributed by atoms with van der Waals surface area (Å²) in [5.74, 6) is -2.93. The fourth-order valence-electron chi connectivity index (χ4n) is 2.21. The van der Waals surface area contributed by atoms with E-state index in [0.717, 1.165) is 17.0 Å². The van der Waals surface area contributed by atoms with E-state index in [9.17, 15) is 24.1 Å². The van der Waals surface area contributed by atoms with Crippen molar-refractivity contribution in [3.63, 3.8) is 0 Å². The summed E-state index contributed by atoms with van der Waals surface area (Å²) in [4.78, 5) is 33.9. The number of halogens is 1. The molecule has 0 aliphatic carbocycles. The Morgan fingerprint density at radius 3 is 2.70 bits per heavy atom. The van der Waals surface area contributed by atoms with E-state index in [1.165, 1.54) is 0 Å². The van der Waals surface area contributed by atoms with E-state index in [2.05, 4.69) is 0 Å². The van der Waals surface area contributed by atoms with Crippen LogP contribution in [0.3, 0.4) is 0 Å². The van der Waals surface area contributed by atoms with Gasteiger partial charge in [0.15, 0.2) is 0 Å². The molecule has 1 aliphatic rings. The van der Waals surface area contributed by atoms with Gasteiger partial charge >= 0.3 is 5.97 Å². The zero-order chi connectivity index (χ0) is 14.9. The lowest BCUT2D eigenvalue weighted by molar-refractivity contribution is -0.385.